The first-order valence-electron chi connectivity index (χ1n) is 13.6. The molecule has 1 atom stereocenters. The van der Waals surface area contributed by atoms with E-state index in [4.69, 9.17) is 4.18 Å². The maximum atomic E-state index is 11.3. The zero-order valence-corrected chi connectivity index (χ0v) is 22.7. The minimum atomic E-state index is -0.260. The smallest absolute Gasteiger partial charge is 0.314 e. The van der Waals surface area contributed by atoms with E-state index in [1.807, 2.05) is 26.0 Å². The third-order valence-corrected chi connectivity index (χ3v) is 7.56. The Morgan fingerprint density at radius 2 is 1.18 bits per heavy atom. The van der Waals surface area contributed by atoms with Crippen molar-refractivity contribution in [2.24, 2.45) is 0 Å². The quantitative estimate of drug-likeness (QED) is 0.150. The molecule has 0 amide bonds. The van der Waals surface area contributed by atoms with Crippen molar-refractivity contribution in [1.29, 1.82) is 0 Å². The first-order valence-corrected chi connectivity index (χ1v) is 14.4. The number of aromatic hydroxyl groups is 1. The van der Waals surface area contributed by atoms with Gasteiger partial charge in [0.15, 0.2) is 0 Å². The van der Waals surface area contributed by atoms with Crippen LogP contribution in [-0.2, 0) is 8.98 Å². The molecule has 1 unspecified atom stereocenters. The van der Waals surface area contributed by atoms with Crippen molar-refractivity contribution in [3.05, 3.63) is 28.8 Å². The van der Waals surface area contributed by atoms with Crippen molar-refractivity contribution >= 4 is 18.0 Å². The SMILES string of the molecule is CCCCCCCCCCCCCCCCCCC(SOC(C)=O)c1cc(C)c(O)c(C)c1. The predicted octanol–water partition coefficient (Wildman–Crippen LogP) is 9.91. The molecule has 1 N–H and O–H groups in total. The van der Waals surface area contributed by atoms with Crippen LogP contribution in [0, 0.1) is 13.8 Å². The van der Waals surface area contributed by atoms with Crippen molar-refractivity contribution in [2.45, 2.75) is 142 Å². The summed E-state index contributed by atoms with van der Waals surface area (Å²) in [5.41, 5.74) is 2.89. The van der Waals surface area contributed by atoms with Gasteiger partial charge in [0.05, 0.1) is 17.3 Å². The molecule has 0 fully saturated rings. The standard InChI is InChI=1S/C29H50O3S/c1-5-6-7-8-9-10-11-12-13-14-15-16-17-18-19-20-21-28(33-32-26(4)30)27-22-24(2)29(31)25(3)23-27/h22-23,28,31H,5-21H2,1-4H3. The minimum absolute atomic E-state index is 0.124. The van der Waals surface area contributed by atoms with Crippen LogP contribution in [0.5, 0.6) is 5.75 Å². The minimum Gasteiger partial charge on any atom is -0.507 e. The third kappa shape index (κ3) is 14.7. The molecule has 0 spiro atoms. The van der Waals surface area contributed by atoms with Gasteiger partial charge in [-0.2, -0.15) is 0 Å². The highest BCUT2D eigenvalue weighted by molar-refractivity contribution is 7.95. The topological polar surface area (TPSA) is 46.5 Å². The summed E-state index contributed by atoms with van der Waals surface area (Å²) in [7, 11) is 0. The van der Waals surface area contributed by atoms with Crippen molar-refractivity contribution in [1.82, 2.24) is 0 Å². The van der Waals surface area contributed by atoms with Crippen LogP contribution in [0.15, 0.2) is 12.1 Å². The van der Waals surface area contributed by atoms with Gasteiger partial charge >= 0.3 is 5.97 Å². The van der Waals surface area contributed by atoms with E-state index in [-0.39, 0.29) is 11.2 Å². The predicted molar refractivity (Wildman–Crippen MR) is 144 cm³/mol. The molecule has 0 heterocycles. The van der Waals surface area contributed by atoms with Crippen LogP contribution in [0.3, 0.4) is 0 Å². The van der Waals surface area contributed by atoms with Crippen molar-refractivity contribution < 1.29 is 14.1 Å². The Kier molecular flexibility index (Phi) is 17.4. The molecule has 3 nitrogen and oxygen atoms in total. The number of unbranched alkanes of at least 4 members (excludes halogenated alkanes) is 15. The normalized spacial score (nSPS) is 12.1. The highest BCUT2D eigenvalue weighted by atomic mass is 32.2. The summed E-state index contributed by atoms with van der Waals surface area (Å²) in [6.45, 7) is 7.58. The van der Waals surface area contributed by atoms with Gasteiger partial charge in [0.2, 0.25) is 0 Å². The van der Waals surface area contributed by atoms with E-state index < -0.39 is 0 Å². The summed E-state index contributed by atoms with van der Waals surface area (Å²) >= 11 is 1.26. The molecule has 1 rings (SSSR count). The van der Waals surface area contributed by atoms with Gasteiger partial charge in [-0.25, -0.2) is 0 Å². The number of carbonyl (C=O) groups excluding carboxylic acids is 1. The van der Waals surface area contributed by atoms with E-state index in [9.17, 15) is 9.90 Å². The summed E-state index contributed by atoms with van der Waals surface area (Å²) in [6, 6.07) is 4.05. The fraction of sp³-hybridized carbons (Fsp3) is 0.759. The van der Waals surface area contributed by atoms with Crippen LogP contribution in [0.1, 0.15) is 145 Å². The number of aryl methyl sites for hydroxylation is 2. The molecule has 33 heavy (non-hydrogen) atoms. The summed E-state index contributed by atoms with van der Waals surface area (Å²) in [5, 5.41) is 10.2. The van der Waals surface area contributed by atoms with Crippen LogP contribution in [0.2, 0.25) is 0 Å². The zero-order valence-electron chi connectivity index (χ0n) is 21.9. The Morgan fingerprint density at radius 3 is 1.58 bits per heavy atom. The van der Waals surface area contributed by atoms with E-state index in [1.165, 1.54) is 115 Å². The van der Waals surface area contributed by atoms with Gasteiger partial charge in [0.1, 0.15) is 5.75 Å². The fourth-order valence-electron chi connectivity index (χ4n) is 4.45. The van der Waals surface area contributed by atoms with Crippen LogP contribution in [0.4, 0.5) is 0 Å². The lowest BCUT2D eigenvalue weighted by molar-refractivity contribution is -0.130. The average molecular weight is 479 g/mol. The van der Waals surface area contributed by atoms with E-state index in [0.29, 0.717) is 5.75 Å². The average Bonchev–Trinajstić information content (AvgIpc) is 2.78. The van der Waals surface area contributed by atoms with Crippen LogP contribution >= 0.6 is 12.0 Å². The number of phenolic OH excluding ortho intramolecular Hbond substituents is 1. The molecule has 0 aliphatic heterocycles. The fourth-order valence-corrected chi connectivity index (χ4v) is 5.21. The van der Waals surface area contributed by atoms with Gasteiger partial charge in [-0.15, -0.1) is 0 Å². The Balaban J connectivity index is 2.12. The third-order valence-electron chi connectivity index (χ3n) is 6.49. The number of rotatable bonds is 20. The Bertz CT molecular complexity index is 621. The van der Waals surface area contributed by atoms with Crippen LogP contribution < -0.4 is 0 Å². The lowest BCUT2D eigenvalue weighted by Crippen LogP contribution is -2.00. The molecule has 4 heteroatoms. The molecule has 0 radical (unpaired) electrons. The second-order valence-corrected chi connectivity index (χ2v) is 10.7. The first kappa shape index (κ1) is 29.9. The molecule has 1 aromatic rings. The first-order chi connectivity index (χ1) is 16.0. The molecule has 0 saturated carbocycles. The maximum absolute atomic E-state index is 11.3. The van der Waals surface area contributed by atoms with Gasteiger partial charge in [0, 0.05) is 6.92 Å². The lowest BCUT2D eigenvalue weighted by atomic mass is 9.99. The van der Waals surface area contributed by atoms with Gasteiger partial charge in [-0.1, -0.05) is 122 Å². The second kappa shape index (κ2) is 19.2. The maximum Gasteiger partial charge on any atom is 0.314 e. The molecule has 190 valence electrons. The van der Waals surface area contributed by atoms with E-state index in [2.05, 4.69) is 6.92 Å². The zero-order chi connectivity index (χ0) is 24.3. The number of benzene rings is 1. The second-order valence-electron chi connectivity index (χ2n) is 9.76. The van der Waals surface area contributed by atoms with Gasteiger partial charge in [0.25, 0.3) is 0 Å². The van der Waals surface area contributed by atoms with Crippen molar-refractivity contribution in [3.63, 3.8) is 0 Å². The Hall–Kier alpha value is -1.16. The van der Waals surface area contributed by atoms with Crippen LogP contribution in [-0.4, -0.2) is 11.1 Å². The number of hydrogen-bond donors (Lipinski definition) is 1. The molecule has 1 aromatic carbocycles. The monoisotopic (exact) mass is 478 g/mol. The molecule has 0 saturated heterocycles. The summed E-state index contributed by atoms with van der Waals surface area (Å²) in [5.74, 6) is 0.0987. The number of carbonyl (C=O) groups is 1. The molecule has 0 aliphatic rings. The Labute approximate surface area is 208 Å². The van der Waals surface area contributed by atoms with E-state index in [0.717, 1.165) is 29.5 Å². The molecule has 0 bridgehead atoms. The van der Waals surface area contributed by atoms with Gasteiger partial charge in [-0.05, 0) is 37.0 Å². The largest absolute Gasteiger partial charge is 0.507 e. The molecule has 0 aromatic heterocycles. The van der Waals surface area contributed by atoms with Crippen molar-refractivity contribution in [2.75, 3.05) is 0 Å². The van der Waals surface area contributed by atoms with Crippen LogP contribution in [0.25, 0.3) is 0 Å². The molecular weight excluding hydrogens is 428 g/mol. The summed E-state index contributed by atoms with van der Waals surface area (Å²) in [6.07, 6.45) is 22.9. The highest BCUT2D eigenvalue weighted by Crippen LogP contribution is 2.37. The highest BCUT2D eigenvalue weighted by Gasteiger charge is 2.17. The molecular formula is C29H50O3S. The van der Waals surface area contributed by atoms with Crippen molar-refractivity contribution in [3.8, 4) is 5.75 Å². The van der Waals surface area contributed by atoms with E-state index >= 15 is 0 Å². The Morgan fingerprint density at radius 1 is 0.788 bits per heavy atom. The summed E-state index contributed by atoms with van der Waals surface area (Å²) in [4.78, 5) is 11.3. The summed E-state index contributed by atoms with van der Waals surface area (Å²) < 4.78 is 5.26. The van der Waals surface area contributed by atoms with Gasteiger partial charge in [-0.3, -0.25) is 4.79 Å². The molecule has 0 aliphatic carbocycles. The number of phenols is 1. The van der Waals surface area contributed by atoms with Gasteiger partial charge < -0.3 is 9.29 Å². The lowest BCUT2D eigenvalue weighted by Gasteiger charge is -2.17. The van der Waals surface area contributed by atoms with E-state index in [1.54, 1.807) is 0 Å². The number of hydrogen-bond acceptors (Lipinski definition) is 4.